The number of benzene rings is 1. The molecule has 1 aliphatic heterocycles. The first kappa shape index (κ1) is 14.4. The average molecular weight is 304 g/mol. The van der Waals surface area contributed by atoms with Crippen molar-refractivity contribution in [2.75, 3.05) is 5.32 Å². The second-order valence-electron chi connectivity index (χ2n) is 4.41. The van der Waals surface area contributed by atoms with Crippen molar-refractivity contribution < 1.29 is 9.63 Å². The summed E-state index contributed by atoms with van der Waals surface area (Å²) >= 11 is 12.2. The Morgan fingerprint density at radius 3 is 2.84 bits per heavy atom. The third-order valence-corrected chi connectivity index (χ3v) is 3.92. The summed E-state index contributed by atoms with van der Waals surface area (Å²) in [7, 11) is 0. The minimum atomic E-state index is -0.962. The van der Waals surface area contributed by atoms with Crippen LogP contribution in [0.2, 0.25) is 10.0 Å². The average Bonchev–Trinajstić information content (AvgIpc) is 2.35. The summed E-state index contributed by atoms with van der Waals surface area (Å²) in [5, 5.41) is 5.40. The zero-order chi connectivity index (χ0) is 14.2. The van der Waals surface area contributed by atoms with Crippen LogP contribution in [0, 0.1) is 0 Å². The van der Waals surface area contributed by atoms with Crippen molar-refractivity contribution in [2.45, 2.75) is 32.6 Å². The van der Waals surface area contributed by atoms with Gasteiger partial charge in [0.1, 0.15) is 0 Å². The molecule has 1 aromatic rings. The van der Waals surface area contributed by atoms with Gasteiger partial charge in [-0.2, -0.15) is 0 Å². The minimum Gasteiger partial charge on any atom is -0.364 e. The van der Waals surface area contributed by atoms with Crippen LogP contribution in [0.15, 0.2) is 12.1 Å². The van der Waals surface area contributed by atoms with Gasteiger partial charge >= 0.3 is 5.97 Å². The summed E-state index contributed by atoms with van der Waals surface area (Å²) in [5.74, 6) is -1.40. The number of nitrogens with one attached hydrogen (secondary N) is 1. The number of halogens is 2. The Morgan fingerprint density at radius 2 is 2.26 bits per heavy atom. The maximum Gasteiger partial charge on any atom is 0.322 e. The van der Waals surface area contributed by atoms with E-state index in [4.69, 9.17) is 33.8 Å². The number of hydrogen-bond donors (Lipinski definition) is 2. The molecule has 5 nitrogen and oxygen atoms in total. The highest BCUT2D eigenvalue weighted by molar-refractivity contribution is 6.42. The molecule has 3 N–H and O–H groups in total. The van der Waals surface area contributed by atoms with E-state index in [1.807, 2.05) is 13.0 Å². The van der Waals surface area contributed by atoms with Gasteiger partial charge in [0.15, 0.2) is 5.79 Å². The van der Waals surface area contributed by atoms with E-state index < -0.39 is 11.8 Å². The second kappa shape index (κ2) is 5.17. The molecule has 1 atom stereocenters. The van der Waals surface area contributed by atoms with Crippen LogP contribution in [-0.2, 0) is 16.2 Å². The number of carbonyl (C=O) groups excluding carboxylic acids is 1. The molecule has 0 aliphatic carbocycles. The van der Waals surface area contributed by atoms with Gasteiger partial charge in [-0.15, -0.1) is 0 Å². The van der Waals surface area contributed by atoms with Gasteiger partial charge < -0.3 is 10.2 Å². The van der Waals surface area contributed by atoms with Crippen LogP contribution in [0.4, 0.5) is 5.69 Å². The van der Waals surface area contributed by atoms with Crippen molar-refractivity contribution >= 4 is 34.9 Å². The molecule has 0 amide bonds. The Morgan fingerprint density at radius 1 is 1.58 bits per heavy atom. The molecular weight excluding hydrogens is 289 g/mol. The highest BCUT2D eigenvalue weighted by Gasteiger charge is 2.39. The number of hydrogen-bond acceptors (Lipinski definition) is 5. The summed E-state index contributed by atoms with van der Waals surface area (Å²) in [6.07, 6.45) is 0.542. The van der Waals surface area contributed by atoms with Gasteiger partial charge in [-0.25, -0.2) is 0 Å². The fourth-order valence-electron chi connectivity index (χ4n) is 1.98. The highest BCUT2D eigenvalue weighted by atomic mass is 35.5. The number of nitrogens with two attached hydrogens (primary N) is 1. The van der Waals surface area contributed by atoms with Gasteiger partial charge in [0.05, 0.1) is 16.6 Å². The Hall–Kier alpha value is -1.01. The molecule has 1 aliphatic rings. The van der Waals surface area contributed by atoms with Crippen LogP contribution >= 0.6 is 23.2 Å². The van der Waals surface area contributed by atoms with Gasteiger partial charge in [-0.3, -0.25) is 10.5 Å². The summed E-state index contributed by atoms with van der Waals surface area (Å²) in [4.78, 5) is 16.3. The first-order valence-corrected chi connectivity index (χ1v) is 6.63. The molecule has 19 heavy (non-hydrogen) atoms. The topological polar surface area (TPSA) is 67.6 Å². The van der Waals surface area contributed by atoms with E-state index in [1.54, 1.807) is 6.07 Å². The number of rotatable bonds is 2. The fourth-order valence-corrected chi connectivity index (χ4v) is 2.38. The third kappa shape index (κ3) is 2.65. The molecule has 1 unspecified atom stereocenters. The molecule has 0 bridgehead atoms. The second-order valence-corrected chi connectivity index (χ2v) is 5.19. The van der Waals surface area contributed by atoms with Gasteiger partial charge in [-0.1, -0.05) is 35.2 Å². The summed E-state index contributed by atoms with van der Waals surface area (Å²) in [6.45, 7) is 3.50. The number of carbonyl (C=O) groups is 1. The lowest BCUT2D eigenvalue weighted by atomic mass is 10.1. The van der Waals surface area contributed by atoms with E-state index in [-0.39, 0.29) is 6.54 Å². The molecular formula is C12H15Cl2N3O2. The quantitative estimate of drug-likeness (QED) is 0.879. The Kier molecular flexibility index (Phi) is 3.92. The van der Waals surface area contributed by atoms with Crippen molar-refractivity contribution in [2.24, 2.45) is 5.73 Å². The molecule has 0 fully saturated rings. The third-order valence-electron chi connectivity index (χ3n) is 3.07. The molecule has 0 radical (unpaired) electrons. The van der Waals surface area contributed by atoms with Gasteiger partial charge in [-0.05, 0) is 18.6 Å². The molecule has 7 heteroatoms. The number of hydroxylamine groups is 2. The molecule has 0 aromatic heterocycles. The first-order valence-electron chi connectivity index (χ1n) is 5.87. The summed E-state index contributed by atoms with van der Waals surface area (Å²) in [6, 6.07) is 3.51. The molecule has 1 aromatic carbocycles. The van der Waals surface area contributed by atoms with Crippen LogP contribution in [-0.4, -0.2) is 16.8 Å². The largest absolute Gasteiger partial charge is 0.364 e. The first-order chi connectivity index (χ1) is 8.87. The summed E-state index contributed by atoms with van der Waals surface area (Å²) in [5.41, 5.74) is 7.76. The molecule has 104 valence electrons. The molecule has 0 saturated heterocycles. The summed E-state index contributed by atoms with van der Waals surface area (Å²) < 4.78 is 0. The van der Waals surface area contributed by atoms with Crippen LogP contribution < -0.4 is 11.1 Å². The fraction of sp³-hybridized carbons (Fsp3) is 0.417. The Labute approximate surface area is 121 Å². The number of fused-ring (bicyclic) bond motifs is 1. The highest BCUT2D eigenvalue weighted by Crippen LogP contribution is 2.38. The van der Waals surface area contributed by atoms with E-state index >= 15 is 0 Å². The lowest BCUT2D eigenvalue weighted by molar-refractivity contribution is -0.222. The zero-order valence-electron chi connectivity index (χ0n) is 10.7. The SMILES string of the molecule is CCC1(N)Nc2ccc(Cl)c(Cl)c2CN1OC(C)=O. The lowest BCUT2D eigenvalue weighted by Crippen LogP contribution is -2.63. The van der Waals surface area contributed by atoms with Gasteiger partial charge in [0.25, 0.3) is 0 Å². The van der Waals surface area contributed by atoms with E-state index in [9.17, 15) is 4.79 Å². The smallest absolute Gasteiger partial charge is 0.322 e. The predicted molar refractivity (Wildman–Crippen MR) is 74.6 cm³/mol. The molecule has 0 spiro atoms. The minimum absolute atomic E-state index is 0.283. The molecule has 2 rings (SSSR count). The lowest BCUT2D eigenvalue weighted by Gasteiger charge is -2.43. The van der Waals surface area contributed by atoms with Crippen molar-refractivity contribution in [3.05, 3.63) is 27.7 Å². The number of nitrogens with zero attached hydrogens (tertiary/aromatic N) is 1. The predicted octanol–water partition coefficient (Wildman–Crippen LogP) is 2.72. The van der Waals surface area contributed by atoms with Crippen LogP contribution in [0.25, 0.3) is 0 Å². The molecule has 1 heterocycles. The Bertz CT molecular complexity index is 524. The monoisotopic (exact) mass is 303 g/mol. The number of anilines is 1. The molecule has 0 saturated carbocycles. The van der Waals surface area contributed by atoms with E-state index in [2.05, 4.69) is 5.32 Å². The van der Waals surface area contributed by atoms with Gasteiger partial charge in [0.2, 0.25) is 0 Å². The van der Waals surface area contributed by atoms with Crippen molar-refractivity contribution in [3.8, 4) is 0 Å². The Balaban J connectivity index is 2.43. The zero-order valence-corrected chi connectivity index (χ0v) is 12.2. The van der Waals surface area contributed by atoms with Crippen LogP contribution in [0.1, 0.15) is 25.8 Å². The normalized spacial score (nSPS) is 22.6. The van der Waals surface area contributed by atoms with Gasteiger partial charge in [0, 0.05) is 18.2 Å². The standard InChI is InChI=1S/C12H15Cl2N3O2/c1-3-12(15)16-10-5-4-9(13)11(14)8(10)6-17(12)19-7(2)18/h4-5,16H,3,6,15H2,1-2H3. The maximum absolute atomic E-state index is 11.2. The van der Waals surface area contributed by atoms with E-state index in [0.29, 0.717) is 16.5 Å². The maximum atomic E-state index is 11.2. The van der Waals surface area contributed by atoms with Crippen molar-refractivity contribution in [1.82, 2.24) is 5.06 Å². The van der Waals surface area contributed by atoms with Crippen LogP contribution in [0.5, 0.6) is 0 Å². The van der Waals surface area contributed by atoms with Crippen molar-refractivity contribution in [1.29, 1.82) is 0 Å². The van der Waals surface area contributed by atoms with E-state index in [0.717, 1.165) is 11.3 Å². The van der Waals surface area contributed by atoms with Crippen LogP contribution in [0.3, 0.4) is 0 Å². The van der Waals surface area contributed by atoms with Crippen molar-refractivity contribution in [3.63, 3.8) is 0 Å². The van der Waals surface area contributed by atoms with E-state index in [1.165, 1.54) is 12.0 Å².